The van der Waals surface area contributed by atoms with Crippen molar-refractivity contribution in [1.29, 1.82) is 0 Å². The largest absolute Gasteiger partial charge is 0.298 e. The minimum absolute atomic E-state index is 0.0209. The Bertz CT molecular complexity index is 662. The van der Waals surface area contributed by atoms with Crippen LogP contribution in [0.25, 0.3) is 0 Å². The Morgan fingerprint density at radius 1 is 1.45 bits per heavy atom. The van der Waals surface area contributed by atoms with Gasteiger partial charge in [0.25, 0.3) is 0 Å². The Hall–Kier alpha value is -1.24. The molecule has 0 spiro atoms. The lowest BCUT2D eigenvalue weighted by Crippen LogP contribution is -2.56. The number of nitrogens with one attached hydrogen (secondary N) is 1. The van der Waals surface area contributed by atoms with Gasteiger partial charge >= 0.3 is 0 Å². The minimum Gasteiger partial charge on any atom is -0.298 e. The van der Waals surface area contributed by atoms with Crippen LogP contribution in [0.3, 0.4) is 0 Å². The quantitative estimate of drug-likeness (QED) is 0.843. The number of piperidine rings is 3. The highest BCUT2D eigenvalue weighted by Gasteiger charge is 2.38. The highest BCUT2D eigenvalue weighted by atomic mass is 32.2. The molecule has 1 aromatic carbocycles. The van der Waals surface area contributed by atoms with Crippen molar-refractivity contribution in [2.45, 2.75) is 23.8 Å². The molecule has 1 unspecified atom stereocenters. The van der Waals surface area contributed by atoms with Crippen LogP contribution in [0.2, 0.25) is 0 Å². The van der Waals surface area contributed by atoms with Crippen LogP contribution >= 0.6 is 0 Å². The van der Waals surface area contributed by atoms with Crippen LogP contribution in [-0.4, -0.2) is 39.0 Å². The molecule has 0 aromatic heterocycles. The van der Waals surface area contributed by atoms with Gasteiger partial charge in [-0.05, 0) is 49.4 Å². The van der Waals surface area contributed by atoms with Crippen LogP contribution in [-0.2, 0) is 10.0 Å². The van der Waals surface area contributed by atoms with Crippen LogP contribution in [0.15, 0.2) is 41.8 Å². The summed E-state index contributed by atoms with van der Waals surface area (Å²) in [5.74, 6) is 0.577. The van der Waals surface area contributed by atoms with Crippen molar-refractivity contribution >= 4 is 10.0 Å². The fourth-order valence-electron chi connectivity index (χ4n) is 3.58. The molecule has 3 aliphatic rings. The summed E-state index contributed by atoms with van der Waals surface area (Å²) in [5, 5.41) is 0. The van der Waals surface area contributed by atoms with Crippen molar-refractivity contribution < 1.29 is 12.8 Å². The molecule has 3 aliphatic heterocycles. The van der Waals surface area contributed by atoms with Crippen LogP contribution < -0.4 is 4.72 Å². The van der Waals surface area contributed by atoms with Gasteiger partial charge in [0.05, 0.1) is 4.90 Å². The van der Waals surface area contributed by atoms with E-state index in [0.29, 0.717) is 18.4 Å². The van der Waals surface area contributed by atoms with Crippen molar-refractivity contribution in [3.05, 3.63) is 42.7 Å². The zero-order chi connectivity index (χ0) is 15.7. The summed E-state index contributed by atoms with van der Waals surface area (Å²) in [6, 6.07) is 5.32. The van der Waals surface area contributed by atoms with E-state index in [1.807, 2.05) is 6.08 Å². The van der Waals surface area contributed by atoms with E-state index < -0.39 is 15.8 Å². The van der Waals surface area contributed by atoms with Gasteiger partial charge < -0.3 is 0 Å². The van der Waals surface area contributed by atoms with Gasteiger partial charge in [0.2, 0.25) is 10.0 Å². The molecule has 4 nitrogen and oxygen atoms in total. The zero-order valence-corrected chi connectivity index (χ0v) is 13.2. The van der Waals surface area contributed by atoms with E-state index in [4.69, 9.17) is 0 Å². The predicted octanol–water partition coefficient (Wildman–Crippen LogP) is 2.00. The van der Waals surface area contributed by atoms with Crippen molar-refractivity contribution in [3.63, 3.8) is 0 Å². The van der Waals surface area contributed by atoms with E-state index in [9.17, 15) is 12.8 Å². The maximum Gasteiger partial charge on any atom is 0.240 e. The van der Waals surface area contributed by atoms with E-state index in [1.54, 1.807) is 0 Å². The van der Waals surface area contributed by atoms with Gasteiger partial charge in [0, 0.05) is 19.1 Å². The zero-order valence-electron chi connectivity index (χ0n) is 12.4. The maximum absolute atomic E-state index is 13.2. The van der Waals surface area contributed by atoms with Gasteiger partial charge in [-0.2, -0.15) is 0 Å². The summed E-state index contributed by atoms with van der Waals surface area (Å²) in [6.45, 7) is 6.24. The molecule has 4 atom stereocenters. The summed E-state index contributed by atoms with van der Waals surface area (Å²) in [4.78, 5) is 2.31. The summed E-state index contributed by atoms with van der Waals surface area (Å²) < 4.78 is 40.3. The van der Waals surface area contributed by atoms with E-state index in [-0.39, 0.29) is 10.9 Å². The Labute approximate surface area is 131 Å². The first-order valence-electron chi connectivity index (χ1n) is 7.61. The molecule has 0 saturated carbocycles. The van der Waals surface area contributed by atoms with Crippen molar-refractivity contribution in [2.75, 3.05) is 19.6 Å². The van der Waals surface area contributed by atoms with Crippen LogP contribution in [0.5, 0.6) is 0 Å². The molecular weight excluding hydrogens is 303 g/mol. The normalized spacial score (nSPS) is 31.1. The lowest BCUT2D eigenvalue weighted by molar-refractivity contribution is 0.0218. The molecule has 1 N–H and O–H groups in total. The first kappa shape index (κ1) is 15.6. The number of hydrogen-bond donors (Lipinski definition) is 1. The van der Waals surface area contributed by atoms with Gasteiger partial charge in [-0.15, -0.1) is 6.58 Å². The van der Waals surface area contributed by atoms with E-state index >= 15 is 0 Å². The van der Waals surface area contributed by atoms with Gasteiger partial charge in [0.15, 0.2) is 0 Å². The second-order valence-electron chi connectivity index (χ2n) is 6.14. The average Bonchev–Trinajstić information content (AvgIpc) is 2.53. The second-order valence-corrected chi connectivity index (χ2v) is 7.91. The number of benzene rings is 1. The molecule has 0 radical (unpaired) electrons. The van der Waals surface area contributed by atoms with Crippen molar-refractivity contribution in [1.82, 2.24) is 9.62 Å². The monoisotopic (exact) mass is 324 g/mol. The molecule has 0 amide bonds. The van der Waals surface area contributed by atoms with E-state index in [1.165, 1.54) is 18.2 Å². The van der Waals surface area contributed by atoms with Gasteiger partial charge in [-0.1, -0.05) is 12.1 Å². The number of sulfonamides is 1. The fourth-order valence-corrected chi connectivity index (χ4v) is 4.69. The molecule has 3 fully saturated rings. The topological polar surface area (TPSA) is 49.4 Å². The second kappa shape index (κ2) is 6.10. The molecule has 6 heteroatoms. The number of nitrogens with zero attached hydrogens (tertiary/aromatic N) is 1. The molecule has 22 heavy (non-hydrogen) atoms. The molecular formula is C16H21FN2O2S. The third kappa shape index (κ3) is 3.09. The highest BCUT2D eigenvalue weighted by molar-refractivity contribution is 7.89. The SMILES string of the molecule is C=C[C@H]1CN2CC[C@H]1C[C@@H]2CNS(=O)(=O)c1cccc(F)c1. The molecule has 2 bridgehead atoms. The highest BCUT2D eigenvalue weighted by Crippen LogP contribution is 2.36. The van der Waals surface area contributed by atoms with Gasteiger partial charge in [-0.3, -0.25) is 4.90 Å². The van der Waals surface area contributed by atoms with E-state index in [0.717, 1.165) is 32.0 Å². The lowest BCUT2D eigenvalue weighted by Gasteiger charge is -2.49. The molecule has 4 rings (SSSR count). The third-order valence-electron chi connectivity index (χ3n) is 4.85. The maximum atomic E-state index is 13.2. The summed E-state index contributed by atoms with van der Waals surface area (Å²) in [7, 11) is -3.65. The molecule has 3 heterocycles. The lowest BCUT2D eigenvalue weighted by atomic mass is 9.76. The van der Waals surface area contributed by atoms with Crippen LogP contribution in [0.4, 0.5) is 4.39 Å². The fraction of sp³-hybridized carbons (Fsp3) is 0.500. The number of fused-ring (bicyclic) bond motifs is 3. The number of hydrogen-bond acceptors (Lipinski definition) is 3. The number of halogens is 1. The average molecular weight is 324 g/mol. The molecule has 0 aliphatic carbocycles. The predicted molar refractivity (Wildman–Crippen MR) is 83.4 cm³/mol. The summed E-state index contributed by atoms with van der Waals surface area (Å²) >= 11 is 0. The Balaban J connectivity index is 1.65. The molecule has 120 valence electrons. The first-order chi connectivity index (χ1) is 10.5. The van der Waals surface area contributed by atoms with Crippen LogP contribution in [0.1, 0.15) is 12.8 Å². The summed E-state index contributed by atoms with van der Waals surface area (Å²) in [5.41, 5.74) is 0. The van der Waals surface area contributed by atoms with E-state index in [2.05, 4.69) is 16.2 Å². The third-order valence-corrected chi connectivity index (χ3v) is 6.27. The van der Waals surface area contributed by atoms with Gasteiger partial charge in [-0.25, -0.2) is 17.5 Å². The smallest absolute Gasteiger partial charge is 0.240 e. The summed E-state index contributed by atoms with van der Waals surface area (Å²) in [6.07, 6.45) is 4.16. The Kier molecular flexibility index (Phi) is 4.34. The standard InChI is InChI=1S/C16H21FN2O2S/c1-2-12-11-19-7-6-13(12)8-15(19)10-18-22(20,21)16-5-3-4-14(17)9-16/h2-5,9,12-13,15,18H,1,6-8,10-11H2/t12-,13-,15+/m0/s1. The van der Waals surface area contributed by atoms with Gasteiger partial charge in [0.1, 0.15) is 5.82 Å². The Morgan fingerprint density at radius 3 is 2.91 bits per heavy atom. The van der Waals surface area contributed by atoms with Crippen molar-refractivity contribution in [3.8, 4) is 0 Å². The van der Waals surface area contributed by atoms with Crippen LogP contribution in [0, 0.1) is 17.7 Å². The van der Waals surface area contributed by atoms with Crippen molar-refractivity contribution in [2.24, 2.45) is 11.8 Å². The first-order valence-corrected chi connectivity index (χ1v) is 9.10. The minimum atomic E-state index is -3.65. The Morgan fingerprint density at radius 2 is 2.27 bits per heavy atom. The number of rotatable bonds is 5. The molecule has 3 saturated heterocycles. The molecule has 1 aromatic rings.